The molecule has 0 aromatic heterocycles. The number of fused-ring (bicyclic) bond motifs is 1. The minimum Gasteiger partial charge on any atom is -0.872 e. The largest absolute Gasteiger partial charge is 0.872 e. The Morgan fingerprint density at radius 3 is 2.67 bits per heavy atom. The summed E-state index contributed by atoms with van der Waals surface area (Å²) in [7, 11) is 0. The van der Waals surface area contributed by atoms with E-state index >= 15 is 0 Å². The van der Waals surface area contributed by atoms with E-state index < -0.39 is 5.97 Å². The van der Waals surface area contributed by atoms with E-state index in [4.69, 9.17) is 5.11 Å². The zero-order chi connectivity index (χ0) is 13.1. The van der Waals surface area contributed by atoms with E-state index in [0.717, 1.165) is 5.39 Å². The van der Waals surface area contributed by atoms with Crippen LogP contribution in [0.25, 0.3) is 16.8 Å². The quantitative estimate of drug-likeness (QED) is 0.840. The number of carbonyl (C=O) groups is 1. The zero-order valence-electron chi connectivity index (χ0n) is 10.0. The molecule has 0 saturated heterocycles. The first-order chi connectivity index (χ1) is 8.63. The van der Waals surface area contributed by atoms with E-state index in [1.165, 1.54) is 6.08 Å². The highest BCUT2D eigenvalue weighted by molar-refractivity contribution is 5.96. The Balaban J connectivity index is 2.59. The molecule has 0 aliphatic heterocycles. The summed E-state index contributed by atoms with van der Waals surface area (Å²) >= 11 is 0. The molecule has 0 radical (unpaired) electrons. The first-order valence-electron chi connectivity index (χ1n) is 5.76. The Labute approximate surface area is 105 Å². The van der Waals surface area contributed by atoms with Crippen molar-refractivity contribution < 1.29 is 15.0 Å². The topological polar surface area (TPSA) is 60.4 Å². The number of benzene rings is 2. The van der Waals surface area contributed by atoms with Gasteiger partial charge in [-0.05, 0) is 28.8 Å². The average molecular weight is 241 g/mol. The normalized spacial score (nSPS) is 11.7. The van der Waals surface area contributed by atoms with Crippen LogP contribution in [-0.2, 0) is 4.79 Å². The van der Waals surface area contributed by atoms with Gasteiger partial charge in [0.05, 0.1) is 0 Å². The summed E-state index contributed by atoms with van der Waals surface area (Å²) in [4.78, 5) is 10.9. The van der Waals surface area contributed by atoms with E-state index in [2.05, 4.69) is 0 Å². The van der Waals surface area contributed by atoms with Crippen molar-refractivity contribution in [3.8, 4) is 5.75 Å². The molecule has 3 heteroatoms. The third-order valence-corrected chi connectivity index (χ3v) is 2.90. The molecule has 0 heterocycles. The number of carboxylic acids is 1. The van der Waals surface area contributed by atoms with Crippen LogP contribution >= 0.6 is 0 Å². The van der Waals surface area contributed by atoms with Crippen LogP contribution in [0, 0.1) is 0 Å². The minimum atomic E-state index is -0.981. The lowest BCUT2D eigenvalue weighted by atomic mass is 10.0. The first-order valence-corrected chi connectivity index (χ1v) is 5.76. The van der Waals surface area contributed by atoms with Gasteiger partial charge in [-0.2, -0.15) is 0 Å². The van der Waals surface area contributed by atoms with E-state index in [-0.39, 0.29) is 11.3 Å². The van der Waals surface area contributed by atoms with Crippen LogP contribution in [0.5, 0.6) is 5.75 Å². The third-order valence-electron chi connectivity index (χ3n) is 2.90. The van der Waals surface area contributed by atoms with Gasteiger partial charge in [0.1, 0.15) is 0 Å². The van der Waals surface area contributed by atoms with Crippen LogP contribution < -0.4 is 5.11 Å². The molecule has 0 atom stereocenters. The van der Waals surface area contributed by atoms with Crippen LogP contribution in [0.3, 0.4) is 0 Å². The molecule has 0 aliphatic carbocycles. The molecule has 0 fully saturated rings. The second kappa shape index (κ2) is 4.92. The Morgan fingerprint density at radius 2 is 2.00 bits per heavy atom. The molecule has 0 bridgehead atoms. The number of rotatable bonds is 3. The summed E-state index contributed by atoms with van der Waals surface area (Å²) in [6.07, 6.45) is 1.85. The van der Waals surface area contributed by atoms with Gasteiger partial charge < -0.3 is 10.2 Å². The SMILES string of the molecule is CC/C(=C\c1ccc2ccccc2c1[O-])C(=O)O. The highest BCUT2D eigenvalue weighted by Gasteiger charge is 2.05. The molecule has 0 saturated carbocycles. The van der Waals surface area contributed by atoms with Crippen LogP contribution in [0.2, 0.25) is 0 Å². The molecular formula is C15H13O3-. The van der Waals surface area contributed by atoms with Crippen LogP contribution in [0.4, 0.5) is 0 Å². The predicted molar refractivity (Wildman–Crippen MR) is 69.3 cm³/mol. The molecule has 0 aliphatic rings. The number of hydrogen-bond acceptors (Lipinski definition) is 2. The molecule has 2 rings (SSSR count). The third kappa shape index (κ3) is 2.20. The van der Waals surface area contributed by atoms with Gasteiger partial charge in [0.2, 0.25) is 0 Å². The van der Waals surface area contributed by atoms with Crippen molar-refractivity contribution in [3.63, 3.8) is 0 Å². The molecule has 0 unspecified atom stereocenters. The van der Waals surface area contributed by atoms with E-state index in [1.807, 2.05) is 18.2 Å². The summed E-state index contributed by atoms with van der Waals surface area (Å²) < 4.78 is 0. The van der Waals surface area contributed by atoms with E-state index in [9.17, 15) is 9.90 Å². The molecule has 0 spiro atoms. The Kier molecular flexibility index (Phi) is 3.33. The molecular weight excluding hydrogens is 228 g/mol. The maximum atomic E-state index is 12.2. The average Bonchev–Trinajstić information content (AvgIpc) is 2.38. The van der Waals surface area contributed by atoms with Crippen molar-refractivity contribution in [1.82, 2.24) is 0 Å². The lowest BCUT2D eigenvalue weighted by Gasteiger charge is -2.15. The van der Waals surface area contributed by atoms with Crippen molar-refractivity contribution in [2.24, 2.45) is 0 Å². The van der Waals surface area contributed by atoms with Crippen molar-refractivity contribution in [3.05, 3.63) is 47.5 Å². The van der Waals surface area contributed by atoms with Gasteiger partial charge in [0.15, 0.2) is 0 Å². The van der Waals surface area contributed by atoms with Crippen molar-refractivity contribution in [2.45, 2.75) is 13.3 Å². The number of hydrogen-bond donors (Lipinski definition) is 1. The maximum absolute atomic E-state index is 12.2. The maximum Gasteiger partial charge on any atom is 0.331 e. The molecule has 1 N–H and O–H groups in total. The zero-order valence-corrected chi connectivity index (χ0v) is 10.0. The van der Waals surface area contributed by atoms with Gasteiger partial charge in [0, 0.05) is 5.57 Å². The standard InChI is InChI=1S/C15H14O3/c1-2-10(15(17)18)9-12-8-7-11-5-3-4-6-13(11)14(12)16/h3-9,16H,2H2,1H3,(H,17,18)/p-1/b10-9+. The highest BCUT2D eigenvalue weighted by Crippen LogP contribution is 2.28. The highest BCUT2D eigenvalue weighted by atomic mass is 16.4. The smallest absolute Gasteiger partial charge is 0.331 e. The van der Waals surface area contributed by atoms with Gasteiger partial charge in [-0.1, -0.05) is 49.1 Å². The fourth-order valence-electron chi connectivity index (χ4n) is 1.88. The Hall–Kier alpha value is -2.29. The van der Waals surface area contributed by atoms with Crippen LogP contribution in [-0.4, -0.2) is 11.1 Å². The van der Waals surface area contributed by atoms with E-state index in [1.54, 1.807) is 25.1 Å². The molecule has 2 aromatic rings. The van der Waals surface area contributed by atoms with Crippen molar-refractivity contribution in [1.29, 1.82) is 0 Å². The monoisotopic (exact) mass is 241 g/mol. The fraction of sp³-hybridized carbons (Fsp3) is 0.133. The molecule has 3 nitrogen and oxygen atoms in total. The molecule has 0 amide bonds. The van der Waals surface area contributed by atoms with Crippen LogP contribution in [0.1, 0.15) is 18.9 Å². The first kappa shape index (κ1) is 12.2. The molecule has 92 valence electrons. The minimum absolute atomic E-state index is 0.125. The van der Waals surface area contributed by atoms with Gasteiger partial charge >= 0.3 is 5.97 Å². The van der Waals surface area contributed by atoms with Gasteiger partial charge in [0.25, 0.3) is 0 Å². The fourth-order valence-corrected chi connectivity index (χ4v) is 1.88. The second-order valence-corrected chi connectivity index (χ2v) is 4.03. The number of carboxylic acid groups (broad SMARTS) is 1. The summed E-state index contributed by atoms with van der Waals surface area (Å²) in [6, 6.07) is 10.8. The predicted octanol–water partition coefficient (Wildman–Crippen LogP) is 2.79. The Bertz CT molecular complexity index is 627. The summed E-state index contributed by atoms with van der Waals surface area (Å²) in [5.41, 5.74) is 0.662. The van der Waals surface area contributed by atoms with Crippen molar-refractivity contribution in [2.75, 3.05) is 0 Å². The molecule has 18 heavy (non-hydrogen) atoms. The summed E-state index contributed by atoms with van der Waals surface area (Å²) in [5.74, 6) is -1.11. The van der Waals surface area contributed by atoms with Crippen LogP contribution in [0.15, 0.2) is 42.0 Å². The summed E-state index contributed by atoms with van der Waals surface area (Å²) in [5, 5.41) is 22.6. The lowest BCUT2D eigenvalue weighted by Crippen LogP contribution is -2.00. The van der Waals surface area contributed by atoms with Gasteiger partial charge in [-0.3, -0.25) is 0 Å². The Morgan fingerprint density at radius 1 is 1.28 bits per heavy atom. The number of aliphatic carboxylic acids is 1. The lowest BCUT2D eigenvalue weighted by molar-refractivity contribution is -0.266. The van der Waals surface area contributed by atoms with Gasteiger partial charge in [-0.15, -0.1) is 0 Å². The second-order valence-electron chi connectivity index (χ2n) is 4.03. The molecule has 2 aromatic carbocycles. The van der Waals surface area contributed by atoms with Gasteiger partial charge in [-0.25, -0.2) is 4.79 Å². The van der Waals surface area contributed by atoms with E-state index in [0.29, 0.717) is 17.4 Å². The van der Waals surface area contributed by atoms with Crippen molar-refractivity contribution >= 4 is 22.8 Å². The summed E-state index contributed by atoms with van der Waals surface area (Å²) in [6.45, 7) is 1.76.